The Hall–Kier alpha value is -3.62. The summed E-state index contributed by atoms with van der Waals surface area (Å²) < 4.78 is 5.36. The highest BCUT2D eigenvalue weighted by atomic mass is 16.3. The number of rotatable bonds is 3. The number of aromatic nitrogens is 3. The summed E-state index contributed by atoms with van der Waals surface area (Å²) in [5.74, 6) is 2.46. The molecule has 29 heavy (non-hydrogen) atoms. The molecule has 1 saturated carbocycles. The number of aromatic amines is 1. The van der Waals surface area contributed by atoms with Crippen molar-refractivity contribution in [1.29, 1.82) is 0 Å². The van der Waals surface area contributed by atoms with Gasteiger partial charge in [0.2, 0.25) is 11.9 Å². The topological polar surface area (TPSA) is 135 Å². The Labute approximate surface area is 167 Å². The van der Waals surface area contributed by atoms with Gasteiger partial charge in [-0.15, -0.1) is 0 Å². The first-order valence-electron chi connectivity index (χ1n) is 9.71. The average molecular weight is 390 g/mol. The number of nitrogens with one attached hydrogen (secondary N) is 1. The van der Waals surface area contributed by atoms with E-state index in [1.807, 2.05) is 41.3 Å². The summed E-state index contributed by atoms with van der Waals surface area (Å²) in [7, 11) is 0. The minimum Gasteiger partial charge on any atom is -0.461 e. The number of nitrogens with zero attached hydrogens (tertiary/aromatic N) is 5. The van der Waals surface area contributed by atoms with E-state index in [1.165, 1.54) is 6.42 Å². The van der Waals surface area contributed by atoms with E-state index in [0.29, 0.717) is 23.4 Å². The molecule has 5 rings (SSSR count). The number of hydrogen-bond acceptors (Lipinski definition) is 8. The van der Waals surface area contributed by atoms with Crippen LogP contribution in [0, 0.1) is 0 Å². The molecule has 2 aromatic heterocycles. The lowest BCUT2D eigenvalue weighted by Gasteiger charge is -2.45. The van der Waals surface area contributed by atoms with E-state index in [0.717, 1.165) is 36.9 Å². The number of anilines is 1. The van der Waals surface area contributed by atoms with Gasteiger partial charge in [0.15, 0.2) is 17.4 Å². The van der Waals surface area contributed by atoms with E-state index in [9.17, 15) is 0 Å². The van der Waals surface area contributed by atoms with Crippen LogP contribution < -0.4 is 16.4 Å². The van der Waals surface area contributed by atoms with Gasteiger partial charge in [-0.2, -0.15) is 10.1 Å². The van der Waals surface area contributed by atoms with Crippen LogP contribution in [0.2, 0.25) is 0 Å². The number of aliphatic imine (C=N–C) groups is 2. The maximum Gasteiger partial charge on any atom is 0.220 e. The van der Waals surface area contributed by atoms with Crippen LogP contribution >= 0.6 is 0 Å². The molecule has 5 N–H and O–H groups in total. The molecule has 1 aliphatic heterocycles. The zero-order valence-corrected chi connectivity index (χ0v) is 15.9. The Balaban J connectivity index is 1.46. The van der Waals surface area contributed by atoms with Crippen LogP contribution in [0.25, 0.3) is 23.0 Å². The lowest BCUT2D eigenvalue weighted by molar-refractivity contribution is 0.305. The first kappa shape index (κ1) is 17.5. The SMILES string of the molecule is NC1=NC2(CCCCC2)N(c2ccc(-c3n[nH]c(-c4ccco4)n3)cc2)C(N)=N1. The van der Waals surface area contributed by atoms with Crippen molar-refractivity contribution in [3.05, 3.63) is 42.7 Å². The van der Waals surface area contributed by atoms with Gasteiger partial charge in [0.05, 0.1) is 6.26 Å². The van der Waals surface area contributed by atoms with Crippen molar-refractivity contribution >= 4 is 17.6 Å². The molecule has 0 atom stereocenters. The van der Waals surface area contributed by atoms with Crippen LogP contribution in [0.1, 0.15) is 32.1 Å². The Morgan fingerprint density at radius 3 is 2.55 bits per heavy atom. The second-order valence-corrected chi connectivity index (χ2v) is 7.35. The number of guanidine groups is 2. The largest absolute Gasteiger partial charge is 0.461 e. The van der Waals surface area contributed by atoms with Gasteiger partial charge in [0.25, 0.3) is 0 Å². The molecule has 3 heterocycles. The molecule has 1 aromatic carbocycles. The fraction of sp³-hybridized carbons (Fsp3) is 0.300. The maximum absolute atomic E-state index is 6.29. The molecule has 2 aliphatic rings. The third-order valence-electron chi connectivity index (χ3n) is 5.48. The van der Waals surface area contributed by atoms with Gasteiger partial charge in [0, 0.05) is 11.3 Å². The van der Waals surface area contributed by atoms with Crippen LogP contribution in [0.3, 0.4) is 0 Å². The summed E-state index contributed by atoms with van der Waals surface area (Å²) in [4.78, 5) is 15.4. The number of hydrogen-bond donors (Lipinski definition) is 3. The lowest BCUT2D eigenvalue weighted by Crippen LogP contribution is -2.58. The van der Waals surface area contributed by atoms with Crippen LogP contribution in [0.5, 0.6) is 0 Å². The summed E-state index contributed by atoms with van der Waals surface area (Å²) in [5, 5.41) is 7.20. The Morgan fingerprint density at radius 2 is 1.83 bits per heavy atom. The third-order valence-corrected chi connectivity index (χ3v) is 5.48. The van der Waals surface area contributed by atoms with Gasteiger partial charge in [0.1, 0.15) is 5.66 Å². The molecule has 1 spiro atoms. The average Bonchev–Trinajstić information content (AvgIpc) is 3.40. The molecule has 9 nitrogen and oxygen atoms in total. The molecule has 0 bridgehead atoms. The van der Waals surface area contributed by atoms with Crippen molar-refractivity contribution in [3.63, 3.8) is 0 Å². The van der Waals surface area contributed by atoms with E-state index in [2.05, 4.69) is 20.2 Å². The molecule has 1 fully saturated rings. The van der Waals surface area contributed by atoms with Crippen LogP contribution in [-0.2, 0) is 0 Å². The van der Waals surface area contributed by atoms with E-state index in [-0.39, 0.29) is 5.96 Å². The summed E-state index contributed by atoms with van der Waals surface area (Å²) in [6, 6.07) is 11.6. The molecular formula is C20H22N8O. The third kappa shape index (κ3) is 3.04. The van der Waals surface area contributed by atoms with Crippen molar-refractivity contribution in [1.82, 2.24) is 15.2 Å². The van der Waals surface area contributed by atoms with E-state index < -0.39 is 5.66 Å². The second kappa shape index (κ2) is 6.77. The van der Waals surface area contributed by atoms with Crippen molar-refractivity contribution in [3.8, 4) is 23.0 Å². The lowest BCUT2D eigenvalue weighted by atomic mass is 9.87. The highest BCUT2D eigenvalue weighted by Gasteiger charge is 2.42. The summed E-state index contributed by atoms with van der Waals surface area (Å²) in [6.07, 6.45) is 6.78. The maximum atomic E-state index is 6.29. The van der Waals surface area contributed by atoms with Gasteiger partial charge in [-0.1, -0.05) is 6.42 Å². The predicted octanol–water partition coefficient (Wildman–Crippen LogP) is 2.84. The molecule has 0 saturated heterocycles. The highest BCUT2D eigenvalue weighted by molar-refractivity contribution is 6.05. The second-order valence-electron chi connectivity index (χ2n) is 7.35. The zero-order valence-electron chi connectivity index (χ0n) is 15.9. The number of H-pyrrole nitrogens is 1. The van der Waals surface area contributed by atoms with Gasteiger partial charge in [-0.3, -0.25) is 10.00 Å². The first-order chi connectivity index (χ1) is 14.1. The van der Waals surface area contributed by atoms with Crippen molar-refractivity contribution in [2.24, 2.45) is 21.5 Å². The van der Waals surface area contributed by atoms with Crippen molar-refractivity contribution < 1.29 is 4.42 Å². The first-order valence-corrected chi connectivity index (χ1v) is 9.71. The van der Waals surface area contributed by atoms with Crippen molar-refractivity contribution in [2.75, 3.05) is 4.90 Å². The number of nitrogens with two attached hydrogens (primary N) is 2. The molecular weight excluding hydrogens is 368 g/mol. The zero-order chi connectivity index (χ0) is 19.8. The smallest absolute Gasteiger partial charge is 0.220 e. The van der Waals surface area contributed by atoms with E-state index in [1.54, 1.807) is 6.26 Å². The fourth-order valence-electron chi connectivity index (χ4n) is 4.17. The normalized spacial score (nSPS) is 18.6. The van der Waals surface area contributed by atoms with Gasteiger partial charge < -0.3 is 15.9 Å². The Morgan fingerprint density at radius 1 is 1.03 bits per heavy atom. The number of benzene rings is 1. The van der Waals surface area contributed by atoms with Crippen LogP contribution in [0.15, 0.2) is 57.1 Å². The molecule has 3 aromatic rings. The molecule has 1 aliphatic carbocycles. The van der Waals surface area contributed by atoms with E-state index >= 15 is 0 Å². The summed E-state index contributed by atoms with van der Waals surface area (Å²) >= 11 is 0. The highest BCUT2D eigenvalue weighted by Crippen LogP contribution is 2.39. The van der Waals surface area contributed by atoms with E-state index in [4.69, 9.17) is 20.9 Å². The minimum atomic E-state index is -0.452. The summed E-state index contributed by atoms with van der Waals surface area (Å²) in [6.45, 7) is 0. The standard InChI is InChI=1S/C20H22N8O/c21-18-24-19(22)28(20(25-18)10-2-1-3-11-20)14-8-6-13(7-9-14)16-23-17(27-26-16)15-5-4-12-29-15/h4-9,12H,1-3,10-11H2,(H,23,26,27)(H4,21,22,24,25). The molecule has 0 amide bonds. The Bertz CT molecular complexity index is 1060. The molecule has 148 valence electrons. The quantitative estimate of drug-likeness (QED) is 0.629. The van der Waals surface area contributed by atoms with Gasteiger partial charge in [-0.25, -0.2) is 9.98 Å². The van der Waals surface area contributed by atoms with Crippen LogP contribution in [-0.4, -0.2) is 32.8 Å². The van der Waals surface area contributed by atoms with Gasteiger partial charge in [-0.05, 0) is 62.1 Å². The van der Waals surface area contributed by atoms with Gasteiger partial charge >= 0.3 is 0 Å². The predicted molar refractivity (Wildman–Crippen MR) is 111 cm³/mol. The molecule has 9 heteroatoms. The Kier molecular flexibility index (Phi) is 4.08. The summed E-state index contributed by atoms with van der Waals surface area (Å²) in [5.41, 5.74) is 13.6. The van der Waals surface area contributed by atoms with Crippen molar-refractivity contribution in [2.45, 2.75) is 37.8 Å². The van der Waals surface area contributed by atoms with Crippen LogP contribution in [0.4, 0.5) is 5.69 Å². The molecule has 0 unspecified atom stereocenters. The molecule has 0 radical (unpaired) electrons. The number of furan rings is 1. The minimum absolute atomic E-state index is 0.253. The monoisotopic (exact) mass is 390 g/mol. The fourth-order valence-corrected chi connectivity index (χ4v) is 4.17.